The van der Waals surface area contributed by atoms with E-state index in [1.54, 1.807) is 18.4 Å². The van der Waals surface area contributed by atoms with Gasteiger partial charge < -0.3 is 20.1 Å². The van der Waals surface area contributed by atoms with Gasteiger partial charge in [-0.3, -0.25) is 0 Å². The van der Waals surface area contributed by atoms with E-state index in [9.17, 15) is 5.11 Å². The Balaban J connectivity index is 2.76. The van der Waals surface area contributed by atoms with Crippen LogP contribution in [-0.2, 0) is 6.54 Å². The summed E-state index contributed by atoms with van der Waals surface area (Å²) in [6.07, 6.45) is 0. The Bertz CT molecular complexity index is 364. The van der Waals surface area contributed by atoms with Crippen molar-refractivity contribution in [3.05, 3.63) is 4.88 Å². The van der Waals surface area contributed by atoms with Gasteiger partial charge >= 0.3 is 0 Å². The topological polar surface area (TPSA) is 57.6 Å². The normalized spacial score (nSPS) is 11.6. The highest BCUT2D eigenvalue weighted by atomic mass is 32.1. The molecule has 0 aromatic carbocycles. The molecule has 0 saturated carbocycles. The summed E-state index contributed by atoms with van der Waals surface area (Å²) in [6.45, 7) is 4.64. The van der Waals surface area contributed by atoms with E-state index >= 15 is 0 Å². The highest BCUT2D eigenvalue weighted by Gasteiger charge is 2.18. The maximum Gasteiger partial charge on any atom is 0.230 e. The molecule has 0 bridgehead atoms. The molecule has 17 heavy (non-hydrogen) atoms. The van der Waals surface area contributed by atoms with Crippen molar-refractivity contribution in [2.24, 2.45) is 0 Å². The van der Waals surface area contributed by atoms with Crippen molar-refractivity contribution in [1.82, 2.24) is 10.3 Å². The minimum atomic E-state index is -0.298. The summed E-state index contributed by atoms with van der Waals surface area (Å²) < 4.78 is 5.25. The van der Waals surface area contributed by atoms with E-state index in [0.717, 1.165) is 10.0 Å². The third-order valence-corrected chi connectivity index (χ3v) is 3.55. The van der Waals surface area contributed by atoms with E-state index in [0.29, 0.717) is 12.4 Å². The van der Waals surface area contributed by atoms with Gasteiger partial charge in [-0.15, -0.1) is 0 Å². The second kappa shape index (κ2) is 5.66. The number of hydrogen-bond donors (Lipinski definition) is 2. The highest BCUT2D eigenvalue weighted by Crippen LogP contribution is 2.30. The lowest BCUT2D eigenvalue weighted by Gasteiger charge is -2.23. The molecule has 0 aliphatic rings. The van der Waals surface area contributed by atoms with Gasteiger partial charge in [0, 0.05) is 26.2 Å². The number of methoxy groups -OCH3 is 1. The number of ether oxygens (including phenoxy) is 1. The molecular weight excluding hydrogens is 238 g/mol. The van der Waals surface area contributed by atoms with Crippen molar-refractivity contribution in [2.45, 2.75) is 25.9 Å². The zero-order chi connectivity index (χ0) is 13.1. The van der Waals surface area contributed by atoms with E-state index in [1.807, 2.05) is 32.8 Å². The molecule has 0 aliphatic carbocycles. The molecule has 1 aromatic heterocycles. The molecule has 0 atom stereocenters. The molecule has 6 heteroatoms. The summed E-state index contributed by atoms with van der Waals surface area (Å²) in [4.78, 5) is 7.37. The van der Waals surface area contributed by atoms with Crippen molar-refractivity contribution in [3.8, 4) is 5.88 Å². The van der Waals surface area contributed by atoms with Crippen LogP contribution < -0.4 is 15.0 Å². The summed E-state index contributed by atoms with van der Waals surface area (Å²) in [5.41, 5.74) is -0.298. The highest BCUT2D eigenvalue weighted by molar-refractivity contribution is 7.15. The zero-order valence-electron chi connectivity index (χ0n) is 11.1. The molecule has 2 N–H and O–H groups in total. The molecule has 1 rings (SSSR count). The Labute approximate surface area is 106 Å². The quantitative estimate of drug-likeness (QED) is 0.800. The lowest BCUT2D eigenvalue weighted by molar-refractivity contribution is 0.187. The molecule has 0 saturated heterocycles. The number of anilines is 1. The fraction of sp³-hybridized carbons (Fsp3) is 0.727. The average Bonchev–Trinajstić information content (AvgIpc) is 2.70. The maximum atomic E-state index is 9.18. The number of nitrogens with zero attached hydrogens (tertiary/aromatic N) is 2. The van der Waals surface area contributed by atoms with Gasteiger partial charge in [-0.2, -0.15) is 4.98 Å². The lowest BCUT2D eigenvalue weighted by atomic mass is 10.1. The molecule has 0 aliphatic heterocycles. The summed E-state index contributed by atoms with van der Waals surface area (Å²) in [7, 11) is 5.52. The minimum Gasteiger partial charge on any atom is -0.480 e. The molecule has 5 nitrogen and oxygen atoms in total. The van der Waals surface area contributed by atoms with Crippen molar-refractivity contribution in [1.29, 1.82) is 0 Å². The fourth-order valence-electron chi connectivity index (χ4n) is 1.16. The largest absolute Gasteiger partial charge is 0.480 e. The Morgan fingerprint density at radius 3 is 2.59 bits per heavy atom. The second-order valence-electron chi connectivity index (χ2n) is 4.72. The molecule has 0 unspecified atom stereocenters. The molecule has 0 fully saturated rings. The number of hydrogen-bond acceptors (Lipinski definition) is 6. The first-order valence-corrected chi connectivity index (χ1v) is 6.28. The van der Waals surface area contributed by atoms with E-state index < -0.39 is 0 Å². The number of rotatable bonds is 6. The zero-order valence-corrected chi connectivity index (χ0v) is 11.9. The van der Waals surface area contributed by atoms with E-state index in [4.69, 9.17) is 4.74 Å². The van der Waals surface area contributed by atoms with Crippen LogP contribution >= 0.6 is 11.3 Å². The number of aliphatic hydroxyl groups is 1. The van der Waals surface area contributed by atoms with Crippen LogP contribution in [0.3, 0.4) is 0 Å². The summed E-state index contributed by atoms with van der Waals surface area (Å²) >= 11 is 1.59. The van der Waals surface area contributed by atoms with Crippen LogP contribution in [0.2, 0.25) is 0 Å². The fourth-order valence-corrected chi connectivity index (χ4v) is 2.06. The molecule has 0 radical (unpaired) electrons. The predicted octanol–water partition coefficient (Wildman–Crippen LogP) is 1.08. The molecule has 1 aromatic rings. The van der Waals surface area contributed by atoms with E-state index in [2.05, 4.69) is 10.3 Å². The minimum absolute atomic E-state index is 0.0919. The molecule has 1 heterocycles. The van der Waals surface area contributed by atoms with Crippen LogP contribution in [-0.4, -0.2) is 43.4 Å². The van der Waals surface area contributed by atoms with Gasteiger partial charge in [0.05, 0.1) is 18.6 Å². The van der Waals surface area contributed by atoms with Crippen molar-refractivity contribution in [2.75, 3.05) is 32.7 Å². The van der Waals surface area contributed by atoms with Gasteiger partial charge in [-0.05, 0) is 13.8 Å². The van der Waals surface area contributed by atoms with Crippen LogP contribution in [0.15, 0.2) is 0 Å². The number of nitrogens with one attached hydrogen (secondary N) is 1. The van der Waals surface area contributed by atoms with Gasteiger partial charge in [0.15, 0.2) is 5.13 Å². The first-order chi connectivity index (χ1) is 7.89. The smallest absolute Gasteiger partial charge is 0.230 e. The van der Waals surface area contributed by atoms with Gasteiger partial charge in [-0.1, -0.05) is 11.3 Å². The number of aromatic nitrogens is 1. The number of thiazole rings is 1. The van der Waals surface area contributed by atoms with Crippen molar-refractivity contribution in [3.63, 3.8) is 0 Å². The van der Waals surface area contributed by atoms with Gasteiger partial charge in [0.1, 0.15) is 0 Å². The first-order valence-electron chi connectivity index (χ1n) is 5.46. The second-order valence-corrected chi connectivity index (χ2v) is 5.78. The molecular formula is C11H21N3O2S. The molecule has 98 valence electrons. The van der Waals surface area contributed by atoms with Crippen molar-refractivity contribution < 1.29 is 9.84 Å². The predicted molar refractivity (Wildman–Crippen MR) is 71.0 cm³/mol. The standard InChI is InChI=1S/C11H21N3O2S/c1-11(2,7-15)12-6-8-9(16-5)13-10(17-8)14(3)4/h12,15H,6-7H2,1-5H3. The summed E-state index contributed by atoms with van der Waals surface area (Å²) in [5.74, 6) is 0.653. The first kappa shape index (κ1) is 14.2. The maximum absolute atomic E-state index is 9.18. The lowest BCUT2D eigenvalue weighted by Crippen LogP contribution is -2.41. The Hall–Kier alpha value is -0.850. The Kier molecular flexibility index (Phi) is 4.73. The molecule has 0 spiro atoms. The summed E-state index contributed by atoms with van der Waals surface area (Å²) in [6, 6.07) is 0. The monoisotopic (exact) mass is 259 g/mol. The van der Waals surface area contributed by atoms with E-state index in [1.165, 1.54) is 0 Å². The summed E-state index contributed by atoms with van der Waals surface area (Å²) in [5, 5.41) is 13.4. The Morgan fingerprint density at radius 2 is 2.12 bits per heavy atom. The van der Waals surface area contributed by atoms with Crippen LogP contribution in [0, 0.1) is 0 Å². The van der Waals surface area contributed by atoms with Crippen LogP contribution in [0.1, 0.15) is 18.7 Å². The SMILES string of the molecule is COc1nc(N(C)C)sc1CNC(C)(C)CO. The third-order valence-electron chi connectivity index (χ3n) is 2.35. The van der Waals surface area contributed by atoms with E-state index in [-0.39, 0.29) is 12.1 Å². The van der Waals surface area contributed by atoms with Crippen LogP contribution in [0.25, 0.3) is 0 Å². The van der Waals surface area contributed by atoms with Gasteiger partial charge in [-0.25, -0.2) is 0 Å². The number of aliphatic hydroxyl groups excluding tert-OH is 1. The molecule has 0 amide bonds. The Morgan fingerprint density at radius 1 is 1.47 bits per heavy atom. The van der Waals surface area contributed by atoms with Gasteiger partial charge in [0.2, 0.25) is 5.88 Å². The van der Waals surface area contributed by atoms with Crippen LogP contribution in [0.4, 0.5) is 5.13 Å². The van der Waals surface area contributed by atoms with Crippen LogP contribution in [0.5, 0.6) is 5.88 Å². The third kappa shape index (κ3) is 3.83. The average molecular weight is 259 g/mol. The van der Waals surface area contributed by atoms with Gasteiger partial charge in [0.25, 0.3) is 0 Å². The van der Waals surface area contributed by atoms with Crippen molar-refractivity contribution >= 4 is 16.5 Å².